The van der Waals surface area contributed by atoms with Crippen LogP contribution in [0.2, 0.25) is 0 Å². The molecule has 0 bridgehead atoms. The molecule has 1 amide bonds. The topological polar surface area (TPSA) is 80.0 Å². The molecule has 2 heterocycles. The van der Waals surface area contributed by atoms with E-state index in [9.17, 15) is 4.79 Å². The van der Waals surface area contributed by atoms with Crippen molar-refractivity contribution in [2.24, 2.45) is 0 Å². The molecule has 2 rings (SSSR count). The number of aromatic nitrogens is 2. The fraction of sp³-hybridized carbons (Fsp3) is 0.308. The Hall–Kier alpha value is -2.37. The lowest BCUT2D eigenvalue weighted by molar-refractivity contribution is -0.116. The molecule has 0 atom stereocenters. The van der Waals surface area contributed by atoms with Gasteiger partial charge >= 0.3 is 0 Å². The second kappa shape index (κ2) is 6.53. The standard InChI is InChI=1S/C13H16N4O2/c1-2-4-13(18)15-12-7-6-11(16-17-12)14-9-10-5-3-8-19-10/h3,5-8H,2,4,9H2,1H3,(H,14,16)(H,15,17,18). The van der Waals surface area contributed by atoms with E-state index in [1.807, 2.05) is 19.1 Å². The minimum absolute atomic E-state index is 0.0481. The highest BCUT2D eigenvalue weighted by atomic mass is 16.3. The Labute approximate surface area is 111 Å². The Bertz CT molecular complexity index is 508. The molecule has 2 aromatic heterocycles. The van der Waals surface area contributed by atoms with Crippen molar-refractivity contribution in [3.8, 4) is 0 Å². The Morgan fingerprint density at radius 3 is 2.68 bits per heavy atom. The first kappa shape index (κ1) is 13.1. The number of rotatable bonds is 6. The highest BCUT2D eigenvalue weighted by molar-refractivity contribution is 5.89. The van der Waals surface area contributed by atoms with Gasteiger partial charge in [0, 0.05) is 6.42 Å². The maximum absolute atomic E-state index is 11.4. The number of nitrogens with zero attached hydrogens (tertiary/aromatic N) is 2. The highest BCUT2D eigenvalue weighted by Gasteiger charge is 2.03. The Morgan fingerprint density at radius 2 is 2.05 bits per heavy atom. The summed E-state index contributed by atoms with van der Waals surface area (Å²) in [5.41, 5.74) is 0. The zero-order valence-corrected chi connectivity index (χ0v) is 10.7. The first-order valence-electron chi connectivity index (χ1n) is 6.17. The van der Waals surface area contributed by atoms with Crippen LogP contribution in [0.25, 0.3) is 0 Å². The zero-order valence-electron chi connectivity index (χ0n) is 10.7. The van der Waals surface area contributed by atoms with Gasteiger partial charge in [-0.3, -0.25) is 4.79 Å². The summed E-state index contributed by atoms with van der Waals surface area (Å²) in [6.07, 6.45) is 2.91. The second-order valence-electron chi connectivity index (χ2n) is 4.03. The summed E-state index contributed by atoms with van der Waals surface area (Å²) in [6, 6.07) is 7.18. The lowest BCUT2D eigenvalue weighted by atomic mass is 10.3. The number of amides is 1. The van der Waals surface area contributed by atoms with Gasteiger partial charge < -0.3 is 15.1 Å². The molecule has 2 N–H and O–H groups in total. The maximum atomic E-state index is 11.4. The molecule has 0 unspecified atom stereocenters. The SMILES string of the molecule is CCCC(=O)Nc1ccc(NCc2ccco2)nn1. The number of nitrogens with one attached hydrogen (secondary N) is 2. The van der Waals surface area contributed by atoms with Crippen LogP contribution >= 0.6 is 0 Å². The average Bonchev–Trinajstić information content (AvgIpc) is 2.91. The van der Waals surface area contributed by atoms with Gasteiger partial charge in [-0.2, -0.15) is 0 Å². The van der Waals surface area contributed by atoms with Gasteiger partial charge in [0.15, 0.2) is 5.82 Å². The van der Waals surface area contributed by atoms with E-state index in [1.165, 1.54) is 0 Å². The van der Waals surface area contributed by atoms with Crippen molar-refractivity contribution in [2.75, 3.05) is 10.6 Å². The maximum Gasteiger partial charge on any atom is 0.225 e. The van der Waals surface area contributed by atoms with Gasteiger partial charge in [0.25, 0.3) is 0 Å². The third-order valence-electron chi connectivity index (χ3n) is 2.43. The van der Waals surface area contributed by atoms with Crippen molar-refractivity contribution in [1.82, 2.24) is 10.2 Å². The van der Waals surface area contributed by atoms with Crippen LogP contribution in [-0.4, -0.2) is 16.1 Å². The fourth-order valence-corrected chi connectivity index (χ4v) is 1.52. The summed E-state index contributed by atoms with van der Waals surface area (Å²) in [5, 5.41) is 13.7. The highest BCUT2D eigenvalue weighted by Crippen LogP contribution is 2.09. The molecule has 0 radical (unpaired) electrons. The summed E-state index contributed by atoms with van der Waals surface area (Å²) in [5.74, 6) is 1.86. The first-order chi connectivity index (χ1) is 9.28. The lowest BCUT2D eigenvalue weighted by Crippen LogP contribution is -2.12. The van der Waals surface area contributed by atoms with Crippen LogP contribution in [0, 0.1) is 0 Å². The van der Waals surface area contributed by atoms with Gasteiger partial charge in [0.1, 0.15) is 11.6 Å². The molecule has 19 heavy (non-hydrogen) atoms. The van der Waals surface area contributed by atoms with Crippen LogP contribution in [0.4, 0.5) is 11.6 Å². The number of furan rings is 1. The van der Waals surface area contributed by atoms with Crippen molar-refractivity contribution in [3.05, 3.63) is 36.3 Å². The zero-order chi connectivity index (χ0) is 13.5. The van der Waals surface area contributed by atoms with Gasteiger partial charge in [-0.1, -0.05) is 6.92 Å². The van der Waals surface area contributed by atoms with Crippen molar-refractivity contribution in [2.45, 2.75) is 26.3 Å². The van der Waals surface area contributed by atoms with Crippen LogP contribution < -0.4 is 10.6 Å². The molecule has 6 nitrogen and oxygen atoms in total. The number of hydrogen-bond acceptors (Lipinski definition) is 5. The van der Waals surface area contributed by atoms with Gasteiger partial charge in [0.2, 0.25) is 5.91 Å². The summed E-state index contributed by atoms with van der Waals surface area (Å²) < 4.78 is 5.19. The predicted molar refractivity (Wildman–Crippen MR) is 71.6 cm³/mol. The monoisotopic (exact) mass is 260 g/mol. The molecule has 6 heteroatoms. The molecular weight excluding hydrogens is 244 g/mol. The molecule has 0 saturated carbocycles. The van der Waals surface area contributed by atoms with Crippen LogP contribution in [0.5, 0.6) is 0 Å². The molecular formula is C13H16N4O2. The molecule has 0 aromatic carbocycles. The van der Waals surface area contributed by atoms with Crippen LogP contribution in [0.1, 0.15) is 25.5 Å². The third kappa shape index (κ3) is 4.09. The van der Waals surface area contributed by atoms with Crippen molar-refractivity contribution < 1.29 is 9.21 Å². The fourth-order valence-electron chi connectivity index (χ4n) is 1.52. The molecule has 0 saturated heterocycles. The van der Waals surface area contributed by atoms with E-state index in [1.54, 1.807) is 18.4 Å². The lowest BCUT2D eigenvalue weighted by Gasteiger charge is -2.05. The van der Waals surface area contributed by atoms with E-state index in [4.69, 9.17) is 4.42 Å². The summed E-state index contributed by atoms with van der Waals surface area (Å²) in [4.78, 5) is 11.4. The molecule has 0 aliphatic rings. The Kier molecular flexibility index (Phi) is 4.49. The minimum atomic E-state index is -0.0481. The molecule has 0 fully saturated rings. The second-order valence-corrected chi connectivity index (χ2v) is 4.03. The van der Waals surface area contributed by atoms with E-state index in [-0.39, 0.29) is 5.91 Å². The number of hydrogen-bond donors (Lipinski definition) is 2. The third-order valence-corrected chi connectivity index (χ3v) is 2.43. The normalized spacial score (nSPS) is 10.2. The smallest absolute Gasteiger partial charge is 0.225 e. The molecule has 0 spiro atoms. The van der Waals surface area contributed by atoms with Crippen LogP contribution in [0.15, 0.2) is 34.9 Å². The van der Waals surface area contributed by atoms with Crippen LogP contribution in [0.3, 0.4) is 0 Å². The summed E-state index contributed by atoms with van der Waals surface area (Å²) in [6.45, 7) is 2.50. The van der Waals surface area contributed by atoms with Crippen molar-refractivity contribution >= 4 is 17.5 Å². The number of anilines is 2. The van der Waals surface area contributed by atoms with Crippen molar-refractivity contribution in [3.63, 3.8) is 0 Å². The Balaban J connectivity index is 1.85. The number of carbonyl (C=O) groups excluding carboxylic acids is 1. The van der Waals surface area contributed by atoms with Crippen molar-refractivity contribution in [1.29, 1.82) is 0 Å². The van der Waals surface area contributed by atoms with E-state index in [2.05, 4.69) is 20.8 Å². The van der Waals surface area contributed by atoms with Gasteiger partial charge in [0.05, 0.1) is 12.8 Å². The number of carbonyl (C=O) groups is 1. The van der Waals surface area contributed by atoms with Gasteiger partial charge in [-0.05, 0) is 30.7 Å². The molecule has 0 aliphatic carbocycles. The minimum Gasteiger partial charge on any atom is -0.467 e. The largest absolute Gasteiger partial charge is 0.467 e. The summed E-state index contributed by atoms with van der Waals surface area (Å²) in [7, 11) is 0. The van der Waals surface area contributed by atoms with Gasteiger partial charge in [-0.25, -0.2) is 0 Å². The Morgan fingerprint density at radius 1 is 1.26 bits per heavy atom. The molecule has 0 aliphatic heterocycles. The average molecular weight is 260 g/mol. The van der Waals surface area contributed by atoms with E-state index in [0.717, 1.165) is 12.2 Å². The van der Waals surface area contributed by atoms with Gasteiger partial charge in [-0.15, -0.1) is 10.2 Å². The van der Waals surface area contributed by atoms with Crippen LogP contribution in [-0.2, 0) is 11.3 Å². The van der Waals surface area contributed by atoms with E-state index in [0.29, 0.717) is 24.6 Å². The quantitative estimate of drug-likeness (QED) is 0.833. The summed E-state index contributed by atoms with van der Waals surface area (Å²) >= 11 is 0. The van der Waals surface area contributed by atoms with E-state index < -0.39 is 0 Å². The molecule has 2 aromatic rings. The predicted octanol–water partition coefficient (Wildman–Crippen LogP) is 2.42. The van der Waals surface area contributed by atoms with E-state index >= 15 is 0 Å². The molecule has 100 valence electrons. The first-order valence-corrected chi connectivity index (χ1v) is 6.17.